The molecule has 2 nitrogen and oxygen atoms in total. The second-order valence-corrected chi connectivity index (χ2v) is 4.52. The monoisotopic (exact) mass is 262 g/mol. The van der Waals surface area contributed by atoms with Crippen LogP contribution in [0.25, 0.3) is 0 Å². The molecule has 0 atom stereocenters. The highest BCUT2D eigenvalue weighted by Gasteiger charge is 2.32. The molecule has 2 aromatic rings. The zero-order valence-corrected chi connectivity index (χ0v) is 10.7. The van der Waals surface area contributed by atoms with Gasteiger partial charge in [-0.3, -0.25) is 0 Å². The van der Waals surface area contributed by atoms with Crippen LogP contribution in [0.5, 0.6) is 0 Å². The van der Waals surface area contributed by atoms with Crippen LogP contribution in [0.4, 0.5) is 20.2 Å². The highest BCUT2D eigenvalue weighted by atomic mass is 19.3. The quantitative estimate of drug-likeness (QED) is 0.854. The molecule has 19 heavy (non-hydrogen) atoms. The third-order valence-corrected chi connectivity index (χ3v) is 2.97. The second-order valence-electron chi connectivity index (χ2n) is 4.52. The highest BCUT2D eigenvalue weighted by Crippen LogP contribution is 2.30. The Kier molecular flexibility index (Phi) is 3.69. The number of hydrogen-bond donors (Lipinski definition) is 1. The molecule has 0 amide bonds. The Morgan fingerprint density at radius 1 is 1.00 bits per heavy atom. The van der Waals surface area contributed by atoms with Gasteiger partial charge in [0.1, 0.15) is 0 Å². The Labute approximate surface area is 111 Å². The maximum Gasteiger partial charge on any atom is 0.290 e. The molecular formula is C15H16F2N2. The van der Waals surface area contributed by atoms with E-state index in [1.54, 1.807) is 49.5 Å². The van der Waals surface area contributed by atoms with Gasteiger partial charge in [0.2, 0.25) is 0 Å². The molecule has 0 aliphatic carbocycles. The van der Waals surface area contributed by atoms with Crippen molar-refractivity contribution in [2.45, 2.75) is 5.92 Å². The Balaban J connectivity index is 2.14. The van der Waals surface area contributed by atoms with Crippen LogP contribution in [0.1, 0.15) is 5.56 Å². The van der Waals surface area contributed by atoms with Crippen molar-refractivity contribution in [1.82, 2.24) is 0 Å². The molecule has 0 saturated carbocycles. The van der Waals surface area contributed by atoms with Crippen molar-refractivity contribution in [2.24, 2.45) is 0 Å². The Bertz CT molecular complexity index is 524. The SMILES string of the molecule is CN(CC(F)(F)c1ccccc1)c1ccc(N)cc1. The Morgan fingerprint density at radius 3 is 2.16 bits per heavy atom. The minimum Gasteiger partial charge on any atom is -0.399 e. The normalized spacial score (nSPS) is 11.3. The van der Waals surface area contributed by atoms with Crippen molar-refractivity contribution >= 4 is 11.4 Å². The van der Waals surface area contributed by atoms with E-state index >= 15 is 0 Å². The standard InChI is InChI=1S/C15H16F2N2/c1-19(14-9-7-13(18)8-10-14)11-15(16,17)12-5-3-2-4-6-12/h2-10H,11,18H2,1H3. The summed E-state index contributed by atoms with van der Waals surface area (Å²) in [5.41, 5.74) is 6.93. The van der Waals surface area contributed by atoms with E-state index in [1.807, 2.05) is 0 Å². The van der Waals surface area contributed by atoms with E-state index in [-0.39, 0.29) is 12.1 Å². The van der Waals surface area contributed by atoms with Crippen molar-refractivity contribution in [1.29, 1.82) is 0 Å². The summed E-state index contributed by atoms with van der Waals surface area (Å²) in [7, 11) is 1.64. The first-order chi connectivity index (χ1) is 8.99. The van der Waals surface area contributed by atoms with Crippen molar-refractivity contribution in [3.63, 3.8) is 0 Å². The summed E-state index contributed by atoms with van der Waals surface area (Å²) < 4.78 is 28.2. The Morgan fingerprint density at radius 2 is 1.58 bits per heavy atom. The molecule has 100 valence electrons. The third-order valence-electron chi connectivity index (χ3n) is 2.97. The molecule has 0 fully saturated rings. The van der Waals surface area contributed by atoms with E-state index in [2.05, 4.69) is 0 Å². The van der Waals surface area contributed by atoms with Gasteiger partial charge in [0.05, 0.1) is 6.54 Å². The lowest BCUT2D eigenvalue weighted by atomic mass is 10.1. The van der Waals surface area contributed by atoms with Crippen LogP contribution >= 0.6 is 0 Å². The van der Waals surface area contributed by atoms with Crippen LogP contribution in [-0.2, 0) is 5.92 Å². The molecule has 2 aromatic carbocycles. The molecule has 0 radical (unpaired) electrons. The lowest BCUT2D eigenvalue weighted by Crippen LogP contribution is -2.32. The molecular weight excluding hydrogens is 246 g/mol. The number of rotatable bonds is 4. The summed E-state index contributed by atoms with van der Waals surface area (Å²) in [6.07, 6.45) is 0. The molecule has 0 bridgehead atoms. The number of nitrogens with zero attached hydrogens (tertiary/aromatic N) is 1. The van der Waals surface area contributed by atoms with Crippen molar-refractivity contribution in [3.05, 3.63) is 60.2 Å². The minimum absolute atomic E-state index is 0.0253. The Hall–Kier alpha value is -2.10. The molecule has 0 aromatic heterocycles. The summed E-state index contributed by atoms with van der Waals surface area (Å²) in [6.45, 7) is -0.374. The van der Waals surface area contributed by atoms with Crippen LogP contribution in [0.2, 0.25) is 0 Å². The van der Waals surface area contributed by atoms with Gasteiger partial charge in [-0.25, -0.2) is 0 Å². The molecule has 0 unspecified atom stereocenters. The summed E-state index contributed by atoms with van der Waals surface area (Å²) in [6, 6.07) is 14.7. The van der Waals surface area contributed by atoms with Crippen LogP contribution in [-0.4, -0.2) is 13.6 Å². The van der Waals surface area contributed by atoms with E-state index in [0.29, 0.717) is 11.4 Å². The molecule has 0 saturated heterocycles. The van der Waals surface area contributed by atoms with Gasteiger partial charge in [0.25, 0.3) is 5.92 Å². The van der Waals surface area contributed by atoms with Gasteiger partial charge < -0.3 is 10.6 Å². The molecule has 2 N–H and O–H groups in total. The largest absolute Gasteiger partial charge is 0.399 e. The molecule has 4 heteroatoms. The second kappa shape index (κ2) is 5.26. The number of alkyl halides is 2. The smallest absolute Gasteiger partial charge is 0.290 e. The first-order valence-electron chi connectivity index (χ1n) is 5.99. The third kappa shape index (κ3) is 3.22. The van der Waals surface area contributed by atoms with E-state index in [9.17, 15) is 8.78 Å². The fourth-order valence-electron chi connectivity index (χ4n) is 1.89. The van der Waals surface area contributed by atoms with Gasteiger partial charge in [-0.05, 0) is 24.3 Å². The predicted octanol–water partition coefficient (Wildman–Crippen LogP) is 3.50. The fourth-order valence-corrected chi connectivity index (χ4v) is 1.89. The van der Waals surface area contributed by atoms with Gasteiger partial charge in [-0.1, -0.05) is 30.3 Å². The molecule has 0 aliphatic heterocycles. The van der Waals surface area contributed by atoms with Gasteiger partial charge in [-0.2, -0.15) is 8.78 Å². The van der Waals surface area contributed by atoms with Crippen molar-refractivity contribution in [3.8, 4) is 0 Å². The lowest BCUT2D eigenvalue weighted by molar-refractivity contribution is 0.00500. The predicted molar refractivity (Wildman–Crippen MR) is 74.5 cm³/mol. The van der Waals surface area contributed by atoms with E-state index in [1.165, 1.54) is 17.0 Å². The number of halogens is 2. The van der Waals surface area contributed by atoms with Crippen LogP contribution < -0.4 is 10.6 Å². The summed E-state index contributed by atoms with van der Waals surface area (Å²) >= 11 is 0. The van der Waals surface area contributed by atoms with Gasteiger partial charge in [0.15, 0.2) is 0 Å². The van der Waals surface area contributed by atoms with Crippen LogP contribution in [0.15, 0.2) is 54.6 Å². The zero-order valence-electron chi connectivity index (χ0n) is 10.7. The van der Waals surface area contributed by atoms with E-state index in [4.69, 9.17) is 5.73 Å². The van der Waals surface area contributed by atoms with Gasteiger partial charge in [0, 0.05) is 24.0 Å². The number of likely N-dealkylation sites (N-methyl/N-ethyl adjacent to an activating group) is 1. The van der Waals surface area contributed by atoms with Crippen molar-refractivity contribution in [2.75, 3.05) is 24.2 Å². The summed E-state index contributed by atoms with van der Waals surface area (Å²) in [5, 5.41) is 0. The van der Waals surface area contributed by atoms with E-state index < -0.39 is 5.92 Å². The summed E-state index contributed by atoms with van der Waals surface area (Å²) in [4.78, 5) is 1.52. The number of benzene rings is 2. The number of anilines is 2. The first-order valence-corrected chi connectivity index (χ1v) is 5.99. The number of nitrogen functional groups attached to an aromatic ring is 1. The molecule has 2 rings (SSSR count). The zero-order chi connectivity index (χ0) is 13.9. The highest BCUT2D eigenvalue weighted by molar-refractivity contribution is 5.52. The van der Waals surface area contributed by atoms with Crippen LogP contribution in [0, 0.1) is 0 Å². The molecule has 0 spiro atoms. The van der Waals surface area contributed by atoms with Gasteiger partial charge >= 0.3 is 0 Å². The summed E-state index contributed by atoms with van der Waals surface area (Å²) in [5.74, 6) is -2.89. The molecule has 0 aliphatic rings. The average Bonchev–Trinajstić information content (AvgIpc) is 2.40. The lowest BCUT2D eigenvalue weighted by Gasteiger charge is -2.26. The topological polar surface area (TPSA) is 29.3 Å². The number of nitrogens with two attached hydrogens (primary N) is 1. The minimum atomic E-state index is -2.89. The van der Waals surface area contributed by atoms with Gasteiger partial charge in [-0.15, -0.1) is 0 Å². The van der Waals surface area contributed by atoms with Crippen LogP contribution in [0.3, 0.4) is 0 Å². The average molecular weight is 262 g/mol. The fraction of sp³-hybridized carbons (Fsp3) is 0.200. The molecule has 0 heterocycles. The van der Waals surface area contributed by atoms with Crippen molar-refractivity contribution < 1.29 is 8.78 Å². The maximum absolute atomic E-state index is 14.1. The number of hydrogen-bond acceptors (Lipinski definition) is 2. The maximum atomic E-state index is 14.1. The van der Waals surface area contributed by atoms with E-state index in [0.717, 1.165) is 0 Å². The first kappa shape index (κ1) is 13.3.